The Labute approximate surface area is 154 Å². The van der Waals surface area contributed by atoms with Gasteiger partial charge in [0.2, 0.25) is 0 Å². The van der Waals surface area contributed by atoms with E-state index in [1.165, 1.54) is 30.3 Å². The second kappa shape index (κ2) is 7.19. The molecule has 0 fully saturated rings. The van der Waals surface area contributed by atoms with E-state index in [-0.39, 0.29) is 34.6 Å². The summed E-state index contributed by atoms with van der Waals surface area (Å²) in [5.41, 5.74) is -1.43. The molecule has 0 aliphatic rings. The summed E-state index contributed by atoms with van der Waals surface area (Å²) in [4.78, 5) is 10.1. The molecule has 3 rings (SSSR count). The van der Waals surface area contributed by atoms with E-state index in [1.54, 1.807) is 0 Å². The van der Waals surface area contributed by atoms with Gasteiger partial charge in [-0.15, -0.1) is 5.10 Å². The van der Waals surface area contributed by atoms with Gasteiger partial charge in [0, 0.05) is 17.2 Å². The number of hydrogen-bond acceptors (Lipinski definition) is 6. The molecule has 0 saturated carbocycles. The van der Waals surface area contributed by atoms with Crippen molar-refractivity contribution in [1.29, 1.82) is 0 Å². The van der Waals surface area contributed by atoms with Crippen LogP contribution in [0.4, 0.5) is 18.9 Å². The number of halogens is 4. The molecule has 3 aromatic rings. The summed E-state index contributed by atoms with van der Waals surface area (Å²) in [5.74, 6) is 0.267. The molecule has 0 atom stereocenters. The molecular formula is C15H9ClF3N5O3. The number of aromatic nitrogens is 4. The fourth-order valence-electron chi connectivity index (χ4n) is 2.21. The van der Waals surface area contributed by atoms with Gasteiger partial charge in [-0.1, -0.05) is 11.6 Å². The van der Waals surface area contributed by atoms with Crippen molar-refractivity contribution >= 4 is 17.3 Å². The van der Waals surface area contributed by atoms with E-state index in [9.17, 15) is 23.3 Å². The third-order valence-corrected chi connectivity index (χ3v) is 3.68. The normalized spacial score (nSPS) is 11.4. The quantitative estimate of drug-likeness (QED) is 0.478. The van der Waals surface area contributed by atoms with Gasteiger partial charge in [-0.2, -0.15) is 17.9 Å². The number of non-ortho nitro benzene ring substituents is 1. The SMILES string of the molecule is O=[N+]([O-])c1ccc(OCc2nnnn2-c2ccc(Cl)cc2C(F)(F)F)cc1. The number of nitro groups is 1. The molecule has 0 aliphatic heterocycles. The number of nitrogens with zero attached hydrogens (tertiary/aromatic N) is 5. The number of nitro benzene ring substituents is 1. The van der Waals surface area contributed by atoms with Crippen LogP contribution >= 0.6 is 11.6 Å². The first kappa shape index (κ1) is 18.6. The first-order valence-corrected chi connectivity index (χ1v) is 7.65. The van der Waals surface area contributed by atoms with E-state index in [0.717, 1.165) is 16.8 Å². The van der Waals surface area contributed by atoms with Crippen LogP contribution in [0.1, 0.15) is 11.4 Å². The van der Waals surface area contributed by atoms with Gasteiger partial charge in [-0.25, -0.2) is 0 Å². The highest BCUT2D eigenvalue weighted by molar-refractivity contribution is 6.30. The molecule has 0 unspecified atom stereocenters. The second-order valence-corrected chi connectivity index (χ2v) is 5.64. The summed E-state index contributed by atoms with van der Waals surface area (Å²) < 4.78 is 46.1. The van der Waals surface area contributed by atoms with Gasteiger partial charge in [0.15, 0.2) is 5.82 Å². The van der Waals surface area contributed by atoms with Gasteiger partial charge >= 0.3 is 6.18 Å². The molecule has 0 radical (unpaired) electrons. The highest BCUT2D eigenvalue weighted by atomic mass is 35.5. The average Bonchev–Trinajstić information content (AvgIpc) is 3.08. The van der Waals surface area contributed by atoms with Crippen LogP contribution in [0.15, 0.2) is 42.5 Å². The van der Waals surface area contributed by atoms with E-state index in [0.29, 0.717) is 0 Å². The summed E-state index contributed by atoms with van der Waals surface area (Å²) in [6.07, 6.45) is -4.66. The first-order valence-electron chi connectivity index (χ1n) is 7.27. The van der Waals surface area contributed by atoms with Crippen molar-refractivity contribution in [1.82, 2.24) is 20.2 Å². The zero-order valence-electron chi connectivity index (χ0n) is 13.2. The highest BCUT2D eigenvalue weighted by Gasteiger charge is 2.35. The van der Waals surface area contributed by atoms with Crippen LogP contribution in [0.3, 0.4) is 0 Å². The Balaban J connectivity index is 1.86. The van der Waals surface area contributed by atoms with E-state index in [2.05, 4.69) is 15.5 Å². The molecule has 27 heavy (non-hydrogen) atoms. The topological polar surface area (TPSA) is 96.0 Å². The lowest BCUT2D eigenvalue weighted by Gasteiger charge is -2.14. The lowest BCUT2D eigenvalue weighted by Crippen LogP contribution is -2.14. The summed E-state index contributed by atoms with van der Waals surface area (Å²) in [6, 6.07) is 8.40. The molecule has 1 aromatic heterocycles. The molecule has 8 nitrogen and oxygen atoms in total. The van der Waals surface area contributed by atoms with Crippen molar-refractivity contribution in [3.63, 3.8) is 0 Å². The van der Waals surface area contributed by atoms with Crippen LogP contribution in [0.2, 0.25) is 5.02 Å². The third-order valence-electron chi connectivity index (χ3n) is 3.44. The molecular weight excluding hydrogens is 391 g/mol. The Bertz CT molecular complexity index is 976. The summed E-state index contributed by atoms with van der Waals surface area (Å²) >= 11 is 5.67. The Kier molecular flexibility index (Phi) is 4.95. The molecule has 140 valence electrons. The van der Waals surface area contributed by atoms with Gasteiger partial charge in [-0.05, 0) is 40.8 Å². The molecule has 0 N–H and O–H groups in total. The van der Waals surface area contributed by atoms with E-state index < -0.39 is 16.7 Å². The van der Waals surface area contributed by atoms with Crippen molar-refractivity contribution in [2.24, 2.45) is 0 Å². The van der Waals surface area contributed by atoms with Gasteiger partial charge in [-0.3, -0.25) is 10.1 Å². The molecule has 0 spiro atoms. The Morgan fingerprint density at radius 1 is 1.19 bits per heavy atom. The average molecular weight is 400 g/mol. The van der Waals surface area contributed by atoms with Crippen molar-refractivity contribution in [3.8, 4) is 11.4 Å². The number of rotatable bonds is 5. The van der Waals surface area contributed by atoms with Crippen LogP contribution in [0.25, 0.3) is 5.69 Å². The number of benzene rings is 2. The fourth-order valence-corrected chi connectivity index (χ4v) is 2.39. The molecule has 1 heterocycles. The minimum atomic E-state index is -4.66. The van der Waals surface area contributed by atoms with Crippen LogP contribution in [-0.2, 0) is 12.8 Å². The highest BCUT2D eigenvalue weighted by Crippen LogP contribution is 2.35. The zero-order chi connectivity index (χ0) is 19.6. The number of tetrazole rings is 1. The van der Waals surface area contributed by atoms with Crippen molar-refractivity contribution < 1.29 is 22.8 Å². The van der Waals surface area contributed by atoms with Gasteiger partial charge in [0.05, 0.1) is 16.2 Å². The lowest BCUT2D eigenvalue weighted by molar-refractivity contribution is -0.384. The van der Waals surface area contributed by atoms with Gasteiger partial charge in [0.1, 0.15) is 12.4 Å². The molecule has 0 saturated heterocycles. The standard InChI is InChI=1S/C15H9ClF3N5O3/c16-9-1-6-13(12(7-9)15(17,18)19)23-14(20-21-22-23)8-27-11-4-2-10(3-5-11)24(25)26/h1-7H,8H2. The summed E-state index contributed by atoms with van der Waals surface area (Å²) in [5, 5.41) is 21.2. The lowest BCUT2D eigenvalue weighted by atomic mass is 10.1. The molecule has 12 heteroatoms. The predicted octanol–water partition coefficient (Wildman–Crippen LogP) is 3.82. The van der Waals surface area contributed by atoms with E-state index >= 15 is 0 Å². The minimum Gasteiger partial charge on any atom is -0.486 e. The predicted molar refractivity (Wildman–Crippen MR) is 86.6 cm³/mol. The van der Waals surface area contributed by atoms with Crippen molar-refractivity contribution in [2.75, 3.05) is 0 Å². The Morgan fingerprint density at radius 2 is 1.89 bits per heavy atom. The maximum absolute atomic E-state index is 13.3. The number of ether oxygens (including phenoxy) is 1. The van der Waals surface area contributed by atoms with Crippen LogP contribution in [-0.4, -0.2) is 25.1 Å². The van der Waals surface area contributed by atoms with Gasteiger partial charge < -0.3 is 4.74 Å². The van der Waals surface area contributed by atoms with Gasteiger partial charge in [0.25, 0.3) is 5.69 Å². The largest absolute Gasteiger partial charge is 0.486 e. The first-order chi connectivity index (χ1) is 12.8. The smallest absolute Gasteiger partial charge is 0.418 e. The maximum Gasteiger partial charge on any atom is 0.418 e. The maximum atomic E-state index is 13.3. The van der Waals surface area contributed by atoms with Crippen LogP contribution in [0, 0.1) is 10.1 Å². The van der Waals surface area contributed by atoms with E-state index in [1.807, 2.05) is 0 Å². The molecule has 0 amide bonds. The third kappa shape index (κ3) is 4.14. The minimum absolute atomic E-state index is 0.00109. The molecule has 2 aromatic carbocycles. The van der Waals surface area contributed by atoms with Crippen molar-refractivity contribution in [2.45, 2.75) is 12.8 Å². The second-order valence-electron chi connectivity index (χ2n) is 5.21. The van der Waals surface area contributed by atoms with E-state index in [4.69, 9.17) is 16.3 Å². The summed E-state index contributed by atoms with van der Waals surface area (Å²) in [6.45, 7) is -0.259. The van der Waals surface area contributed by atoms with Crippen LogP contribution in [0.5, 0.6) is 5.75 Å². The van der Waals surface area contributed by atoms with Crippen molar-refractivity contribution in [3.05, 3.63) is 69.0 Å². The number of alkyl halides is 3. The monoisotopic (exact) mass is 399 g/mol. The fraction of sp³-hybridized carbons (Fsp3) is 0.133. The Hall–Kier alpha value is -3.21. The summed E-state index contributed by atoms with van der Waals surface area (Å²) in [7, 11) is 0. The van der Waals surface area contributed by atoms with Crippen LogP contribution < -0.4 is 4.74 Å². The zero-order valence-corrected chi connectivity index (χ0v) is 14.0. The number of hydrogen-bond donors (Lipinski definition) is 0. The Morgan fingerprint density at radius 3 is 2.52 bits per heavy atom. The molecule has 0 aliphatic carbocycles. The molecule has 0 bridgehead atoms.